The van der Waals surface area contributed by atoms with Gasteiger partial charge in [-0.1, -0.05) is 41.9 Å². The zero-order chi connectivity index (χ0) is 29.4. The molecule has 2 heterocycles. The average molecular weight is 578 g/mol. The van der Waals surface area contributed by atoms with Crippen molar-refractivity contribution in [3.05, 3.63) is 89.1 Å². The van der Waals surface area contributed by atoms with Crippen molar-refractivity contribution in [2.24, 2.45) is 0 Å². The number of carbonyl (C=O) groups is 2. The van der Waals surface area contributed by atoms with Crippen LogP contribution in [0.2, 0.25) is 5.02 Å². The van der Waals surface area contributed by atoms with Gasteiger partial charge in [0.2, 0.25) is 0 Å². The van der Waals surface area contributed by atoms with E-state index in [4.69, 9.17) is 16.3 Å². The number of alkyl carbamates (subject to hydrolysis) is 1. The monoisotopic (exact) mass is 577 g/mol. The highest BCUT2D eigenvalue weighted by Gasteiger charge is 2.15. The molecule has 0 saturated heterocycles. The highest BCUT2D eigenvalue weighted by molar-refractivity contribution is 6.34. The van der Waals surface area contributed by atoms with Crippen LogP contribution in [0.5, 0.6) is 0 Å². The van der Waals surface area contributed by atoms with Gasteiger partial charge in [-0.2, -0.15) is 0 Å². The van der Waals surface area contributed by atoms with Gasteiger partial charge in [0.25, 0.3) is 5.91 Å². The van der Waals surface area contributed by atoms with Crippen molar-refractivity contribution in [1.29, 1.82) is 0 Å². The van der Waals surface area contributed by atoms with Crippen LogP contribution in [0.15, 0.2) is 67.0 Å². The molecule has 4 aromatic rings. The number of rotatable bonds is 10. The lowest BCUT2D eigenvalue weighted by molar-refractivity contribution is 0.0526. The van der Waals surface area contributed by atoms with Crippen molar-refractivity contribution in [3.63, 3.8) is 0 Å². The summed E-state index contributed by atoms with van der Waals surface area (Å²) in [5.41, 5.74) is 3.37. The van der Waals surface area contributed by atoms with Gasteiger partial charge in [-0.15, -0.1) is 0 Å². The van der Waals surface area contributed by atoms with Crippen molar-refractivity contribution in [3.8, 4) is 11.1 Å². The molecule has 0 fully saturated rings. The Bertz CT molecular complexity index is 1520. The van der Waals surface area contributed by atoms with E-state index in [-0.39, 0.29) is 18.3 Å². The number of aromatic nitrogens is 2. The summed E-state index contributed by atoms with van der Waals surface area (Å²) in [7, 11) is 0. The van der Waals surface area contributed by atoms with Crippen molar-refractivity contribution < 1.29 is 18.7 Å². The summed E-state index contributed by atoms with van der Waals surface area (Å²) in [6.45, 7) is 6.61. The third-order valence-corrected chi connectivity index (χ3v) is 6.41. The zero-order valence-corrected chi connectivity index (χ0v) is 24.0. The molecule has 10 heteroatoms. The standard InChI is InChI=1S/C31H33ClFN5O3/c1-31(2,3)41-30(40)35-15-7-6-14-34-29(39)27-13-11-21(17-36-27)20-10-12-26-23(16-20)28(24(32)19-37-26)38-18-22-8-4-5-9-25(22)33/h4-5,8-13,16-17,19H,6-7,14-15,18H2,1-3H3,(H,34,39)(H,35,40)(H,37,38). The van der Waals surface area contributed by atoms with Gasteiger partial charge in [0, 0.05) is 48.5 Å². The topological polar surface area (TPSA) is 105 Å². The van der Waals surface area contributed by atoms with E-state index in [1.165, 1.54) is 6.07 Å². The van der Waals surface area contributed by atoms with Crippen LogP contribution in [0.3, 0.4) is 0 Å². The Hall–Kier alpha value is -4.24. The molecule has 8 nitrogen and oxygen atoms in total. The maximum Gasteiger partial charge on any atom is 0.407 e. The molecule has 0 aliphatic rings. The zero-order valence-electron chi connectivity index (χ0n) is 23.3. The summed E-state index contributed by atoms with van der Waals surface area (Å²) in [5, 5.41) is 10.0. The Kier molecular flexibility index (Phi) is 9.73. The molecule has 2 amide bonds. The van der Waals surface area contributed by atoms with Crippen molar-refractivity contribution in [1.82, 2.24) is 20.6 Å². The lowest BCUT2D eigenvalue weighted by Gasteiger charge is -2.19. The number of hydrogen-bond acceptors (Lipinski definition) is 6. The summed E-state index contributed by atoms with van der Waals surface area (Å²) < 4.78 is 19.3. The predicted molar refractivity (Wildman–Crippen MR) is 160 cm³/mol. The Morgan fingerprint density at radius 2 is 1.66 bits per heavy atom. The summed E-state index contributed by atoms with van der Waals surface area (Å²) in [5.74, 6) is -0.564. The van der Waals surface area contributed by atoms with Gasteiger partial charge >= 0.3 is 6.09 Å². The van der Waals surface area contributed by atoms with Gasteiger partial charge in [0.15, 0.2) is 0 Å². The average Bonchev–Trinajstić information content (AvgIpc) is 2.94. The molecule has 2 aromatic heterocycles. The van der Waals surface area contributed by atoms with Crippen LogP contribution < -0.4 is 16.0 Å². The molecule has 0 unspecified atom stereocenters. The van der Waals surface area contributed by atoms with Gasteiger partial charge in [0.05, 0.1) is 16.2 Å². The van der Waals surface area contributed by atoms with Gasteiger partial charge in [0.1, 0.15) is 17.1 Å². The molecule has 41 heavy (non-hydrogen) atoms. The van der Waals surface area contributed by atoms with Gasteiger partial charge < -0.3 is 20.7 Å². The lowest BCUT2D eigenvalue weighted by Crippen LogP contribution is -2.33. The predicted octanol–water partition coefficient (Wildman–Crippen LogP) is 6.74. The van der Waals surface area contributed by atoms with Crippen LogP contribution in [-0.2, 0) is 11.3 Å². The third-order valence-electron chi connectivity index (χ3n) is 6.12. The molecule has 0 saturated carbocycles. The molecular weight excluding hydrogens is 545 g/mol. The first-order chi connectivity index (χ1) is 19.6. The Morgan fingerprint density at radius 1 is 0.927 bits per heavy atom. The SMILES string of the molecule is CC(C)(C)OC(=O)NCCCCNC(=O)c1ccc(-c2ccc3ncc(Cl)c(NCc4ccccc4F)c3c2)cn1. The highest BCUT2D eigenvalue weighted by atomic mass is 35.5. The molecule has 0 aliphatic heterocycles. The molecule has 4 rings (SSSR count). The van der Waals surface area contributed by atoms with Crippen molar-refractivity contribution in [2.45, 2.75) is 45.8 Å². The number of ether oxygens (including phenoxy) is 1. The second kappa shape index (κ2) is 13.4. The van der Waals surface area contributed by atoms with Crippen LogP contribution in [0.4, 0.5) is 14.9 Å². The van der Waals surface area contributed by atoms with Crippen LogP contribution >= 0.6 is 11.6 Å². The minimum atomic E-state index is -0.537. The number of pyridine rings is 2. The second-order valence-corrected chi connectivity index (χ2v) is 10.9. The smallest absolute Gasteiger partial charge is 0.407 e. The quantitative estimate of drug-likeness (QED) is 0.180. The van der Waals surface area contributed by atoms with Crippen LogP contribution in [-0.4, -0.2) is 40.7 Å². The largest absolute Gasteiger partial charge is 0.444 e. The maximum absolute atomic E-state index is 14.1. The molecule has 214 valence electrons. The molecule has 0 atom stereocenters. The van der Waals surface area contributed by atoms with Gasteiger partial charge in [-0.3, -0.25) is 14.8 Å². The molecule has 0 spiro atoms. The number of unbranched alkanes of at least 4 members (excludes halogenated alkanes) is 1. The van der Waals surface area contributed by atoms with Crippen LogP contribution in [0.25, 0.3) is 22.0 Å². The third kappa shape index (κ3) is 8.38. The molecule has 0 radical (unpaired) electrons. The molecule has 3 N–H and O–H groups in total. The van der Waals surface area contributed by atoms with Crippen molar-refractivity contribution in [2.75, 3.05) is 18.4 Å². The van der Waals surface area contributed by atoms with Gasteiger partial charge in [-0.25, -0.2) is 9.18 Å². The number of benzene rings is 2. The first-order valence-electron chi connectivity index (χ1n) is 13.4. The summed E-state index contributed by atoms with van der Waals surface area (Å²) in [4.78, 5) is 33.0. The summed E-state index contributed by atoms with van der Waals surface area (Å²) in [6.07, 6.45) is 4.15. The highest BCUT2D eigenvalue weighted by Crippen LogP contribution is 2.33. The molecule has 0 bridgehead atoms. The molecule has 2 aromatic carbocycles. The van der Waals surface area contributed by atoms with E-state index in [0.717, 1.165) is 22.0 Å². The number of anilines is 1. The fraction of sp³-hybridized carbons (Fsp3) is 0.290. The number of nitrogens with one attached hydrogen (secondary N) is 3. The van der Waals surface area contributed by atoms with Crippen molar-refractivity contribution >= 4 is 40.2 Å². The maximum atomic E-state index is 14.1. The normalized spacial score (nSPS) is 11.2. The number of halogens is 2. The summed E-state index contributed by atoms with van der Waals surface area (Å²) >= 11 is 6.47. The number of hydrogen-bond donors (Lipinski definition) is 3. The Morgan fingerprint density at radius 3 is 2.37 bits per heavy atom. The second-order valence-electron chi connectivity index (χ2n) is 10.5. The minimum Gasteiger partial charge on any atom is -0.444 e. The van der Waals surface area contributed by atoms with E-state index in [1.807, 2.05) is 45.0 Å². The first-order valence-corrected chi connectivity index (χ1v) is 13.8. The number of carbonyl (C=O) groups excluding carboxylic acids is 2. The minimum absolute atomic E-state index is 0.265. The van der Waals surface area contributed by atoms with E-state index in [2.05, 4.69) is 25.9 Å². The van der Waals surface area contributed by atoms with E-state index >= 15 is 0 Å². The fourth-order valence-electron chi connectivity index (χ4n) is 4.10. The van der Waals surface area contributed by atoms with E-state index in [9.17, 15) is 14.0 Å². The fourth-order valence-corrected chi connectivity index (χ4v) is 4.32. The lowest BCUT2D eigenvalue weighted by atomic mass is 10.0. The van der Waals surface area contributed by atoms with Crippen LogP contribution in [0, 0.1) is 5.82 Å². The van der Waals surface area contributed by atoms with Crippen LogP contribution in [0.1, 0.15) is 49.7 Å². The first kappa shape index (κ1) is 29.7. The molecule has 0 aliphatic carbocycles. The Labute approximate surface area is 243 Å². The number of fused-ring (bicyclic) bond motifs is 1. The van der Waals surface area contributed by atoms with E-state index in [0.29, 0.717) is 47.9 Å². The molecular formula is C31H33ClFN5O3. The summed E-state index contributed by atoms with van der Waals surface area (Å²) in [6, 6.07) is 15.8. The number of amides is 2. The van der Waals surface area contributed by atoms with E-state index < -0.39 is 11.7 Å². The number of nitrogens with zero attached hydrogens (tertiary/aromatic N) is 2. The van der Waals surface area contributed by atoms with Gasteiger partial charge in [-0.05, 0) is 63.4 Å². The Balaban J connectivity index is 1.35. The van der Waals surface area contributed by atoms with E-state index in [1.54, 1.807) is 36.7 Å².